The van der Waals surface area contributed by atoms with Gasteiger partial charge in [0, 0.05) is 52.6 Å². The Morgan fingerprint density at radius 2 is 1.17 bits per heavy atom. The highest BCUT2D eigenvalue weighted by Crippen LogP contribution is 2.34. The zero-order valence-corrected chi connectivity index (χ0v) is 16.8. The summed E-state index contributed by atoms with van der Waals surface area (Å²) < 4.78 is 2.13. The number of fused-ring (bicyclic) bond motifs is 3. The molecule has 0 saturated heterocycles. The van der Waals surface area contributed by atoms with Crippen LogP contribution in [0, 0.1) is 20.2 Å². The predicted octanol–water partition coefficient (Wildman–Crippen LogP) is 6.75. The Morgan fingerprint density at radius 1 is 0.724 bits per heavy atom. The minimum atomic E-state index is -0.432. The Kier molecular flexibility index (Phi) is 6.80. The van der Waals surface area contributed by atoms with Crippen molar-refractivity contribution >= 4 is 33.2 Å². The number of nitro benzene ring substituents is 2. The van der Waals surface area contributed by atoms with E-state index in [4.69, 9.17) is 0 Å². The van der Waals surface area contributed by atoms with Gasteiger partial charge in [0.25, 0.3) is 11.4 Å². The molecule has 0 unspecified atom stereocenters. The molecule has 3 rings (SSSR count). The van der Waals surface area contributed by atoms with Crippen molar-refractivity contribution in [2.45, 2.75) is 64.8 Å². The maximum Gasteiger partial charge on any atom is 0.270 e. The molecule has 154 valence electrons. The van der Waals surface area contributed by atoms with Crippen molar-refractivity contribution in [3.8, 4) is 0 Å². The first-order chi connectivity index (χ1) is 14.0. The van der Waals surface area contributed by atoms with Crippen LogP contribution in [-0.4, -0.2) is 14.4 Å². The Bertz CT molecular complexity index is 954. The number of aryl methyl sites for hydroxylation is 1. The van der Waals surface area contributed by atoms with Gasteiger partial charge in [-0.15, -0.1) is 0 Å². The first kappa shape index (κ1) is 20.8. The lowest BCUT2D eigenvalue weighted by molar-refractivity contribution is -0.385. The third-order valence-electron chi connectivity index (χ3n) is 5.49. The number of unbranched alkanes of at least 4 members (excludes halogenated alkanes) is 7. The molecule has 7 nitrogen and oxygen atoms in total. The SMILES string of the molecule is CCCCCCCCCCn1c2ccc([N+](=O)[O-])cc2c2cc([N+](=O)[O-])ccc21. The molecule has 0 fully saturated rings. The van der Waals surface area contributed by atoms with Gasteiger partial charge >= 0.3 is 0 Å². The summed E-state index contributed by atoms with van der Waals surface area (Å²) in [7, 11) is 0. The first-order valence-corrected chi connectivity index (χ1v) is 10.4. The molecule has 7 heteroatoms. The summed E-state index contributed by atoms with van der Waals surface area (Å²) in [6, 6.07) is 9.55. The summed E-state index contributed by atoms with van der Waals surface area (Å²) in [5, 5.41) is 23.8. The highest BCUT2D eigenvalue weighted by Gasteiger charge is 2.17. The summed E-state index contributed by atoms with van der Waals surface area (Å²) in [6.07, 6.45) is 9.76. The second kappa shape index (κ2) is 9.49. The van der Waals surface area contributed by atoms with Crippen LogP contribution in [0.5, 0.6) is 0 Å². The van der Waals surface area contributed by atoms with Crippen LogP contribution in [0.2, 0.25) is 0 Å². The predicted molar refractivity (Wildman–Crippen MR) is 115 cm³/mol. The average molecular weight is 397 g/mol. The lowest BCUT2D eigenvalue weighted by Gasteiger charge is -2.07. The van der Waals surface area contributed by atoms with Gasteiger partial charge in [-0.3, -0.25) is 20.2 Å². The van der Waals surface area contributed by atoms with E-state index in [1.807, 2.05) is 0 Å². The van der Waals surface area contributed by atoms with Crippen molar-refractivity contribution in [2.75, 3.05) is 0 Å². The second-order valence-corrected chi connectivity index (χ2v) is 7.54. The van der Waals surface area contributed by atoms with Crippen LogP contribution < -0.4 is 0 Å². The maximum atomic E-state index is 11.2. The molecule has 0 radical (unpaired) electrons. The van der Waals surface area contributed by atoms with Crippen LogP contribution in [0.4, 0.5) is 11.4 Å². The van der Waals surface area contributed by atoms with Crippen LogP contribution in [0.15, 0.2) is 36.4 Å². The summed E-state index contributed by atoms with van der Waals surface area (Å²) in [6.45, 7) is 3.01. The highest BCUT2D eigenvalue weighted by molar-refractivity contribution is 6.09. The number of benzene rings is 2. The summed E-state index contributed by atoms with van der Waals surface area (Å²) in [5.41, 5.74) is 1.76. The molecule has 0 aliphatic rings. The third kappa shape index (κ3) is 4.72. The van der Waals surface area contributed by atoms with Crippen molar-refractivity contribution in [1.82, 2.24) is 4.57 Å². The van der Waals surface area contributed by atoms with Gasteiger partial charge in [-0.25, -0.2) is 0 Å². The number of non-ortho nitro benzene ring substituents is 2. The van der Waals surface area contributed by atoms with Crippen LogP contribution >= 0.6 is 0 Å². The molecule has 0 amide bonds. The number of rotatable bonds is 11. The molecular weight excluding hydrogens is 370 g/mol. The first-order valence-electron chi connectivity index (χ1n) is 10.4. The fourth-order valence-corrected chi connectivity index (χ4v) is 3.95. The van der Waals surface area contributed by atoms with Gasteiger partial charge in [-0.05, 0) is 18.6 Å². The van der Waals surface area contributed by atoms with E-state index >= 15 is 0 Å². The average Bonchev–Trinajstić information content (AvgIpc) is 3.02. The monoisotopic (exact) mass is 397 g/mol. The largest absolute Gasteiger partial charge is 0.340 e. The van der Waals surface area contributed by atoms with Gasteiger partial charge in [0.05, 0.1) is 9.85 Å². The van der Waals surface area contributed by atoms with Crippen molar-refractivity contribution in [1.29, 1.82) is 0 Å². The Hall–Kier alpha value is -2.96. The molecule has 0 aliphatic heterocycles. The van der Waals surface area contributed by atoms with Gasteiger partial charge in [0.1, 0.15) is 0 Å². The quantitative estimate of drug-likeness (QED) is 0.203. The minimum absolute atomic E-state index is 0.00450. The van der Waals surface area contributed by atoms with E-state index in [-0.39, 0.29) is 11.4 Å². The third-order valence-corrected chi connectivity index (χ3v) is 5.49. The van der Waals surface area contributed by atoms with E-state index in [0.717, 1.165) is 30.4 Å². The van der Waals surface area contributed by atoms with Crippen molar-refractivity contribution in [3.05, 3.63) is 56.6 Å². The van der Waals surface area contributed by atoms with Crippen molar-refractivity contribution in [3.63, 3.8) is 0 Å². The lowest BCUT2D eigenvalue weighted by Crippen LogP contribution is -1.98. The molecule has 2 aromatic carbocycles. The van der Waals surface area contributed by atoms with E-state index < -0.39 is 9.85 Å². The van der Waals surface area contributed by atoms with Gasteiger partial charge in [-0.2, -0.15) is 0 Å². The van der Waals surface area contributed by atoms with E-state index in [1.165, 1.54) is 62.8 Å². The minimum Gasteiger partial charge on any atom is -0.340 e. The topological polar surface area (TPSA) is 91.2 Å². The number of hydrogen-bond donors (Lipinski definition) is 0. The van der Waals surface area contributed by atoms with Gasteiger partial charge < -0.3 is 4.57 Å². The second-order valence-electron chi connectivity index (χ2n) is 7.54. The van der Waals surface area contributed by atoms with Crippen molar-refractivity contribution in [2.24, 2.45) is 0 Å². The van der Waals surface area contributed by atoms with E-state index in [1.54, 1.807) is 12.1 Å². The highest BCUT2D eigenvalue weighted by atomic mass is 16.6. The van der Waals surface area contributed by atoms with Crippen molar-refractivity contribution < 1.29 is 9.85 Å². The Labute approximate surface area is 169 Å². The van der Waals surface area contributed by atoms with Gasteiger partial charge in [-0.1, -0.05) is 51.9 Å². The molecule has 1 aromatic heterocycles. The molecule has 0 aliphatic carbocycles. The van der Waals surface area contributed by atoms with Crippen LogP contribution in [0.1, 0.15) is 58.3 Å². The molecule has 1 heterocycles. The fourth-order valence-electron chi connectivity index (χ4n) is 3.95. The summed E-state index contributed by atoms with van der Waals surface area (Å²) >= 11 is 0. The standard InChI is InChI=1S/C22H27N3O4/c1-2-3-4-5-6-7-8-9-14-23-21-12-10-17(24(26)27)15-19(21)20-16-18(25(28)29)11-13-22(20)23/h10-13,15-16H,2-9,14H2,1H3. The number of hydrogen-bond acceptors (Lipinski definition) is 4. The molecule has 29 heavy (non-hydrogen) atoms. The van der Waals surface area contributed by atoms with Crippen LogP contribution in [0.3, 0.4) is 0 Å². The molecule has 0 spiro atoms. The molecular formula is C22H27N3O4. The number of nitro groups is 2. The number of aromatic nitrogens is 1. The Morgan fingerprint density at radius 3 is 1.62 bits per heavy atom. The fraction of sp³-hybridized carbons (Fsp3) is 0.455. The maximum absolute atomic E-state index is 11.2. The van der Waals surface area contributed by atoms with E-state index in [0.29, 0.717) is 10.8 Å². The molecule has 0 atom stereocenters. The normalized spacial score (nSPS) is 11.3. The molecule has 0 saturated carbocycles. The summed E-state index contributed by atoms with van der Waals surface area (Å²) in [4.78, 5) is 21.5. The smallest absolute Gasteiger partial charge is 0.270 e. The Balaban J connectivity index is 1.83. The molecule has 3 aromatic rings. The van der Waals surface area contributed by atoms with Crippen LogP contribution in [-0.2, 0) is 6.54 Å². The van der Waals surface area contributed by atoms with Gasteiger partial charge in [0.2, 0.25) is 0 Å². The van der Waals surface area contributed by atoms with E-state index in [2.05, 4.69) is 11.5 Å². The zero-order valence-electron chi connectivity index (χ0n) is 16.8. The zero-order chi connectivity index (χ0) is 20.8. The summed E-state index contributed by atoms with van der Waals surface area (Å²) in [5.74, 6) is 0. The van der Waals surface area contributed by atoms with Gasteiger partial charge in [0.15, 0.2) is 0 Å². The molecule has 0 bridgehead atoms. The number of nitrogens with zero attached hydrogens (tertiary/aromatic N) is 3. The van der Waals surface area contributed by atoms with Crippen LogP contribution in [0.25, 0.3) is 21.8 Å². The van der Waals surface area contributed by atoms with E-state index in [9.17, 15) is 20.2 Å². The lowest BCUT2D eigenvalue weighted by atomic mass is 10.1. The molecule has 0 N–H and O–H groups in total.